The van der Waals surface area contributed by atoms with Gasteiger partial charge in [0.1, 0.15) is 0 Å². The van der Waals surface area contributed by atoms with Crippen LogP contribution >= 0.6 is 11.6 Å². The Morgan fingerprint density at radius 1 is 1.24 bits per heavy atom. The van der Waals surface area contributed by atoms with Crippen LogP contribution < -0.4 is 22.1 Å². The summed E-state index contributed by atoms with van der Waals surface area (Å²) in [6.07, 6.45) is 8.68. The molecule has 3 aliphatic rings. The van der Waals surface area contributed by atoms with Gasteiger partial charge >= 0.3 is 0 Å². The van der Waals surface area contributed by atoms with Gasteiger partial charge in [-0.3, -0.25) is 19.6 Å². The summed E-state index contributed by atoms with van der Waals surface area (Å²) in [4.78, 5) is 24.5. The molecule has 2 saturated heterocycles. The second-order valence-corrected chi connectivity index (χ2v) is 14.5. The monoisotopic (exact) mass is 593 g/mol. The average Bonchev–Trinajstić information content (AvgIpc) is 2.91. The number of likely N-dealkylation sites (N-methyl/N-ethyl adjacent to an activating group) is 1. The lowest BCUT2D eigenvalue weighted by Crippen LogP contribution is -2.75. The predicted octanol–water partition coefficient (Wildman–Crippen LogP) is 3.73. The summed E-state index contributed by atoms with van der Waals surface area (Å²) in [5.74, 6) is -0.468. The molecule has 7 atom stereocenters. The number of carbonyl (C=O) groups excluding carboxylic acids is 1. The number of halogens is 1. The molecule has 0 aromatic rings. The van der Waals surface area contributed by atoms with Gasteiger partial charge in [0.05, 0.1) is 29.0 Å². The summed E-state index contributed by atoms with van der Waals surface area (Å²) >= 11 is 6.67. The minimum atomic E-state index is -0.836. The summed E-state index contributed by atoms with van der Waals surface area (Å²) in [5, 5.41) is 7.00. The van der Waals surface area contributed by atoms with Crippen LogP contribution in [0.2, 0.25) is 0 Å². The molecule has 0 saturated carbocycles. The van der Waals surface area contributed by atoms with Crippen LogP contribution in [0.25, 0.3) is 0 Å². The zero-order valence-corrected chi connectivity index (χ0v) is 27.9. The Labute approximate surface area is 255 Å². The van der Waals surface area contributed by atoms with E-state index in [2.05, 4.69) is 82.0 Å². The largest absolute Gasteiger partial charge is 0.347 e. The molecule has 41 heavy (non-hydrogen) atoms. The van der Waals surface area contributed by atoms with E-state index >= 15 is 0 Å². The SMILES string of the molecule is CCCC(C)C1(NC(=O)C(C(N)N)C2CC(C)(CC)/C(CC)=C/C(Cl)C=N2)CNCCC1N1CCN(C)C(C)(C)C1. The first kappa shape index (κ1) is 34.5. The van der Waals surface area contributed by atoms with Gasteiger partial charge in [-0.2, -0.15) is 0 Å². The van der Waals surface area contributed by atoms with E-state index in [0.717, 1.165) is 64.8 Å². The molecule has 3 aliphatic heterocycles. The Morgan fingerprint density at radius 3 is 2.54 bits per heavy atom. The van der Waals surface area contributed by atoms with E-state index in [1.807, 2.05) is 0 Å². The van der Waals surface area contributed by atoms with Crippen LogP contribution in [0.15, 0.2) is 16.6 Å². The molecule has 7 unspecified atom stereocenters. The lowest BCUT2D eigenvalue weighted by Gasteiger charge is -2.57. The van der Waals surface area contributed by atoms with E-state index in [4.69, 9.17) is 28.1 Å². The van der Waals surface area contributed by atoms with Gasteiger partial charge in [-0.1, -0.05) is 52.7 Å². The summed E-state index contributed by atoms with van der Waals surface area (Å²) in [6, 6.07) is -0.131. The van der Waals surface area contributed by atoms with Gasteiger partial charge in [0.2, 0.25) is 5.91 Å². The first-order valence-corrected chi connectivity index (χ1v) is 16.6. The van der Waals surface area contributed by atoms with E-state index in [0.29, 0.717) is 6.42 Å². The number of alkyl halides is 1. The summed E-state index contributed by atoms with van der Waals surface area (Å²) in [5.41, 5.74) is 13.7. The highest BCUT2D eigenvalue weighted by Crippen LogP contribution is 2.42. The smallest absolute Gasteiger partial charge is 0.228 e. The molecule has 0 aliphatic carbocycles. The molecular formula is C32H60ClN7O. The van der Waals surface area contributed by atoms with Crippen LogP contribution in [-0.2, 0) is 4.79 Å². The van der Waals surface area contributed by atoms with E-state index < -0.39 is 17.6 Å². The minimum absolute atomic E-state index is 0.0653. The van der Waals surface area contributed by atoms with E-state index in [-0.39, 0.29) is 40.2 Å². The van der Waals surface area contributed by atoms with Crippen molar-refractivity contribution in [3.63, 3.8) is 0 Å². The van der Waals surface area contributed by atoms with Crippen molar-refractivity contribution in [2.75, 3.05) is 39.8 Å². The average molecular weight is 594 g/mol. The van der Waals surface area contributed by atoms with Gasteiger partial charge in [-0.15, -0.1) is 11.6 Å². The maximum Gasteiger partial charge on any atom is 0.228 e. The third-order valence-electron chi connectivity index (χ3n) is 10.9. The molecule has 8 nitrogen and oxygen atoms in total. The van der Waals surface area contributed by atoms with Crippen molar-refractivity contribution < 1.29 is 4.79 Å². The molecule has 3 heterocycles. The fourth-order valence-electron chi connectivity index (χ4n) is 7.73. The molecule has 3 rings (SSSR count). The Bertz CT molecular complexity index is 939. The fraction of sp³-hybridized carbons (Fsp3) is 0.875. The number of nitrogens with one attached hydrogen (secondary N) is 2. The third-order valence-corrected chi connectivity index (χ3v) is 11.1. The van der Waals surface area contributed by atoms with Crippen molar-refractivity contribution in [1.29, 1.82) is 0 Å². The standard InChI is InChI=1S/C32H60ClN7O/c1-9-12-22(4)32(20-36-14-13-26(32)40-16-15-39(8)30(5,6)21-40)38-29(41)27(28(34)35)25-18-31(7,11-3)23(10-2)17-24(33)19-37-25/h17,19,22,24-28,36H,9-16,18,20-21,34-35H2,1-8H3,(H,38,41)/b23-17+,37-19?. The van der Waals surface area contributed by atoms with Crippen molar-refractivity contribution in [2.45, 2.75) is 122 Å². The highest BCUT2D eigenvalue weighted by molar-refractivity contribution is 6.29. The number of carbonyl (C=O) groups is 1. The van der Waals surface area contributed by atoms with Crippen LogP contribution in [0.5, 0.6) is 0 Å². The second kappa shape index (κ2) is 14.2. The van der Waals surface area contributed by atoms with Crippen LogP contribution in [0.4, 0.5) is 0 Å². The van der Waals surface area contributed by atoms with Crippen molar-refractivity contribution >= 4 is 23.7 Å². The van der Waals surface area contributed by atoms with Gasteiger partial charge in [0.15, 0.2) is 0 Å². The van der Waals surface area contributed by atoms with E-state index in [9.17, 15) is 4.79 Å². The first-order valence-electron chi connectivity index (χ1n) is 16.1. The van der Waals surface area contributed by atoms with Crippen LogP contribution in [0, 0.1) is 17.3 Å². The Kier molecular flexibility index (Phi) is 11.9. The number of piperazine rings is 1. The van der Waals surface area contributed by atoms with Gasteiger partial charge < -0.3 is 22.1 Å². The number of nitrogens with zero attached hydrogens (tertiary/aromatic N) is 3. The number of hydrogen-bond donors (Lipinski definition) is 4. The molecule has 2 fully saturated rings. The van der Waals surface area contributed by atoms with Gasteiger partial charge in [-0.05, 0) is 70.9 Å². The molecule has 6 N–H and O–H groups in total. The zero-order chi connectivity index (χ0) is 30.6. The molecule has 236 valence electrons. The quantitative estimate of drug-likeness (QED) is 0.174. The number of piperidine rings is 1. The minimum Gasteiger partial charge on any atom is -0.347 e. The Morgan fingerprint density at radius 2 is 1.95 bits per heavy atom. The Hall–Kier alpha value is -1.03. The molecule has 1 amide bonds. The van der Waals surface area contributed by atoms with Crippen molar-refractivity contribution in [1.82, 2.24) is 20.4 Å². The van der Waals surface area contributed by atoms with Crippen LogP contribution in [-0.4, -0.2) is 96.4 Å². The molecule has 0 spiro atoms. The predicted molar refractivity (Wildman–Crippen MR) is 173 cm³/mol. The first-order chi connectivity index (χ1) is 19.2. The highest BCUT2D eigenvalue weighted by Gasteiger charge is 2.51. The number of nitrogens with two attached hydrogens (primary N) is 2. The lowest BCUT2D eigenvalue weighted by atomic mass is 9.69. The van der Waals surface area contributed by atoms with Crippen molar-refractivity contribution in [2.24, 2.45) is 33.7 Å². The van der Waals surface area contributed by atoms with Crippen molar-refractivity contribution in [3.8, 4) is 0 Å². The summed E-state index contributed by atoms with van der Waals surface area (Å²) < 4.78 is 0. The van der Waals surface area contributed by atoms with Gasteiger partial charge in [0, 0.05) is 44.0 Å². The van der Waals surface area contributed by atoms with Gasteiger partial charge in [0.25, 0.3) is 0 Å². The molecular weight excluding hydrogens is 534 g/mol. The van der Waals surface area contributed by atoms with E-state index in [1.54, 1.807) is 6.21 Å². The fourth-order valence-corrected chi connectivity index (χ4v) is 7.95. The molecule has 0 aromatic heterocycles. The highest BCUT2D eigenvalue weighted by atomic mass is 35.5. The second-order valence-electron chi connectivity index (χ2n) is 14.0. The summed E-state index contributed by atoms with van der Waals surface area (Å²) in [7, 11) is 2.21. The number of hydrogen-bond acceptors (Lipinski definition) is 7. The topological polar surface area (TPSA) is 112 Å². The van der Waals surface area contributed by atoms with Crippen LogP contribution in [0.3, 0.4) is 0 Å². The number of amides is 1. The maximum absolute atomic E-state index is 14.6. The van der Waals surface area contributed by atoms with Crippen molar-refractivity contribution in [3.05, 3.63) is 11.6 Å². The molecule has 0 aromatic carbocycles. The molecule has 0 radical (unpaired) electrons. The zero-order valence-electron chi connectivity index (χ0n) is 27.2. The Balaban J connectivity index is 2.00. The molecule has 9 heteroatoms. The number of rotatable bonds is 10. The van der Waals surface area contributed by atoms with E-state index in [1.165, 1.54) is 5.57 Å². The lowest BCUT2D eigenvalue weighted by molar-refractivity contribution is -0.132. The number of allylic oxidation sites excluding steroid dienone is 2. The summed E-state index contributed by atoms with van der Waals surface area (Å²) in [6.45, 7) is 20.5. The maximum atomic E-state index is 14.6. The van der Waals surface area contributed by atoms with Crippen LogP contribution in [0.1, 0.15) is 87.0 Å². The third kappa shape index (κ3) is 7.55. The normalized spacial score (nSPS) is 36.2. The molecule has 0 bridgehead atoms. The van der Waals surface area contributed by atoms with Gasteiger partial charge in [-0.25, -0.2) is 0 Å². The number of aliphatic imine (C=N–C) groups is 1.